The van der Waals surface area contributed by atoms with E-state index in [1.54, 1.807) is 12.1 Å². The average molecular weight is 610 g/mol. The van der Waals surface area contributed by atoms with Gasteiger partial charge in [0.1, 0.15) is 24.3 Å². The first kappa shape index (κ1) is 28.8. The fourth-order valence-corrected chi connectivity index (χ4v) is 7.39. The molecule has 0 saturated carbocycles. The number of ether oxygens (including phenoxy) is 1. The van der Waals surface area contributed by atoms with Gasteiger partial charge >= 0.3 is 0 Å². The van der Waals surface area contributed by atoms with Crippen LogP contribution in [0.2, 0.25) is 0 Å². The van der Waals surface area contributed by atoms with E-state index in [9.17, 15) is 9.18 Å². The van der Waals surface area contributed by atoms with E-state index in [4.69, 9.17) is 14.6 Å². The number of thiazole rings is 1. The third-order valence-corrected chi connectivity index (χ3v) is 9.82. The predicted octanol–water partition coefficient (Wildman–Crippen LogP) is 6.11. The summed E-state index contributed by atoms with van der Waals surface area (Å²) < 4.78 is 37.4. The van der Waals surface area contributed by atoms with Crippen LogP contribution in [0.25, 0.3) is 26.4 Å². The first-order valence-corrected chi connectivity index (χ1v) is 16.2. The first-order chi connectivity index (χ1) is 21.0. The summed E-state index contributed by atoms with van der Waals surface area (Å²) in [5.74, 6) is -0.437. The Bertz CT molecular complexity index is 1590. The van der Waals surface area contributed by atoms with E-state index in [0.717, 1.165) is 85.6 Å². The molecular formula is C32H37F2N5O3S. The van der Waals surface area contributed by atoms with Crippen LogP contribution in [-0.4, -0.2) is 77.0 Å². The van der Waals surface area contributed by atoms with E-state index in [0.29, 0.717) is 36.2 Å². The monoisotopic (exact) mass is 609 g/mol. The number of nitrogens with one attached hydrogen (secondary N) is 1. The maximum atomic E-state index is 15.4. The molecule has 3 fully saturated rings. The lowest BCUT2D eigenvalue weighted by Gasteiger charge is -2.30. The minimum atomic E-state index is -0.670. The Morgan fingerprint density at radius 3 is 2.77 bits per heavy atom. The molecule has 3 aliphatic rings. The third-order valence-electron chi connectivity index (χ3n) is 8.80. The number of hydroxylamine groups is 2. The van der Waals surface area contributed by atoms with Crippen LogP contribution in [0.3, 0.4) is 0 Å². The highest BCUT2D eigenvalue weighted by Crippen LogP contribution is 2.35. The lowest BCUT2D eigenvalue weighted by atomic mass is 10.0. The SMILES string of the molecule is O=C(NCCCN1CCC(F)CC1)c1ccc2c(c1)sc1nc(-c3ccc(C4CCN(C5CCCCO5)O4)cc3F)cn12. The van der Waals surface area contributed by atoms with Gasteiger partial charge in [-0.2, -0.15) is 5.06 Å². The van der Waals surface area contributed by atoms with Crippen molar-refractivity contribution < 1.29 is 23.1 Å². The molecule has 2 atom stereocenters. The average Bonchev–Trinajstić information content (AvgIpc) is 3.76. The molecule has 228 valence electrons. The van der Waals surface area contributed by atoms with E-state index in [2.05, 4.69) is 10.2 Å². The maximum Gasteiger partial charge on any atom is 0.251 e. The zero-order chi connectivity index (χ0) is 29.3. The van der Waals surface area contributed by atoms with Gasteiger partial charge in [0.05, 0.1) is 15.9 Å². The summed E-state index contributed by atoms with van der Waals surface area (Å²) >= 11 is 1.47. The van der Waals surface area contributed by atoms with E-state index in [1.807, 2.05) is 39.9 Å². The minimum Gasteiger partial charge on any atom is -0.361 e. The van der Waals surface area contributed by atoms with Gasteiger partial charge in [-0.3, -0.25) is 14.0 Å². The van der Waals surface area contributed by atoms with E-state index in [-0.39, 0.29) is 24.1 Å². The molecule has 0 bridgehead atoms. The molecule has 2 aromatic carbocycles. The second-order valence-electron chi connectivity index (χ2n) is 11.8. The second kappa shape index (κ2) is 12.6. The molecule has 1 N–H and O–H groups in total. The van der Waals surface area contributed by atoms with Crippen molar-refractivity contribution in [2.45, 2.75) is 63.4 Å². The number of carbonyl (C=O) groups excluding carboxylic acids is 1. The number of likely N-dealkylation sites (tertiary alicyclic amines) is 1. The number of benzene rings is 2. The van der Waals surface area contributed by atoms with Crippen LogP contribution in [0.15, 0.2) is 42.6 Å². The molecule has 11 heteroatoms. The molecule has 43 heavy (non-hydrogen) atoms. The number of halogens is 2. The highest BCUT2D eigenvalue weighted by Gasteiger charge is 2.32. The number of aromatic nitrogens is 2. The summed E-state index contributed by atoms with van der Waals surface area (Å²) in [5, 5.41) is 4.92. The highest BCUT2D eigenvalue weighted by atomic mass is 32.1. The van der Waals surface area contributed by atoms with Gasteiger partial charge < -0.3 is 15.0 Å². The summed E-state index contributed by atoms with van der Waals surface area (Å²) in [7, 11) is 0. The smallest absolute Gasteiger partial charge is 0.251 e. The quantitative estimate of drug-likeness (QED) is 0.243. The number of fused-ring (bicyclic) bond motifs is 3. The molecule has 0 radical (unpaired) electrons. The molecule has 3 aliphatic heterocycles. The standard InChI is InChI=1S/C32H37F2N5O3S/c33-23-9-14-37(15-10-23)13-3-12-35-31(40)22-6-8-27-29(19-22)43-32-36-26(20-38(27)32)24-7-5-21(18-25(24)34)28-11-16-39(42-28)30-4-1-2-17-41-30/h5-8,18-20,23,28,30H,1-4,9-17H2,(H,35,40). The molecular weight excluding hydrogens is 572 g/mol. The highest BCUT2D eigenvalue weighted by molar-refractivity contribution is 7.23. The van der Waals surface area contributed by atoms with Gasteiger partial charge in [-0.05, 0) is 87.4 Å². The second-order valence-corrected chi connectivity index (χ2v) is 12.8. The van der Waals surface area contributed by atoms with E-state index >= 15 is 4.39 Å². The Labute approximate surface area is 253 Å². The molecule has 7 rings (SSSR count). The Hall–Kier alpha value is -2.96. The van der Waals surface area contributed by atoms with Crippen molar-refractivity contribution in [2.75, 3.05) is 39.3 Å². The number of nitrogens with zero attached hydrogens (tertiary/aromatic N) is 4. The largest absolute Gasteiger partial charge is 0.361 e. The van der Waals surface area contributed by atoms with Gasteiger partial charge in [-0.15, -0.1) is 0 Å². The van der Waals surface area contributed by atoms with Crippen LogP contribution >= 0.6 is 11.3 Å². The molecule has 1 amide bonds. The van der Waals surface area contributed by atoms with Crippen molar-refractivity contribution >= 4 is 32.4 Å². The van der Waals surface area contributed by atoms with Crippen LogP contribution in [0.5, 0.6) is 0 Å². The lowest BCUT2D eigenvalue weighted by molar-refractivity contribution is -0.250. The fourth-order valence-electron chi connectivity index (χ4n) is 6.35. The molecule has 2 aromatic heterocycles. The third kappa shape index (κ3) is 6.19. The topological polar surface area (TPSA) is 71.3 Å². The lowest BCUT2D eigenvalue weighted by Crippen LogP contribution is -2.36. The summed E-state index contributed by atoms with van der Waals surface area (Å²) in [4.78, 5) is 26.6. The van der Waals surface area contributed by atoms with Crippen molar-refractivity contribution in [2.24, 2.45) is 0 Å². The van der Waals surface area contributed by atoms with Gasteiger partial charge in [-0.25, -0.2) is 13.8 Å². The number of imidazole rings is 1. The number of hydrogen-bond acceptors (Lipinski definition) is 7. The summed E-state index contributed by atoms with van der Waals surface area (Å²) in [6.45, 7) is 4.55. The van der Waals surface area contributed by atoms with Gasteiger partial charge in [0, 0.05) is 50.1 Å². The van der Waals surface area contributed by atoms with Crippen molar-refractivity contribution in [3.63, 3.8) is 0 Å². The summed E-state index contributed by atoms with van der Waals surface area (Å²) in [6.07, 6.45) is 7.01. The van der Waals surface area contributed by atoms with Crippen LogP contribution in [0.4, 0.5) is 8.78 Å². The molecule has 2 unspecified atom stereocenters. The van der Waals surface area contributed by atoms with Crippen LogP contribution in [0, 0.1) is 5.82 Å². The number of piperidine rings is 1. The number of carbonyl (C=O) groups is 1. The predicted molar refractivity (Wildman–Crippen MR) is 162 cm³/mol. The normalized spacial score (nSPS) is 22.6. The molecule has 8 nitrogen and oxygen atoms in total. The van der Waals surface area contributed by atoms with E-state index < -0.39 is 6.17 Å². The van der Waals surface area contributed by atoms with Crippen molar-refractivity contribution in [1.82, 2.24) is 24.7 Å². The van der Waals surface area contributed by atoms with Gasteiger partial charge in [0.2, 0.25) is 0 Å². The zero-order valence-corrected chi connectivity index (χ0v) is 25.0. The zero-order valence-electron chi connectivity index (χ0n) is 24.1. The van der Waals surface area contributed by atoms with Crippen LogP contribution in [0.1, 0.15) is 67.0 Å². The van der Waals surface area contributed by atoms with Crippen molar-refractivity contribution in [3.05, 3.63) is 59.5 Å². The Morgan fingerprint density at radius 2 is 1.95 bits per heavy atom. The van der Waals surface area contributed by atoms with Gasteiger partial charge in [0.25, 0.3) is 5.91 Å². The molecule has 5 heterocycles. The minimum absolute atomic E-state index is 0.00949. The van der Waals surface area contributed by atoms with Crippen LogP contribution < -0.4 is 5.32 Å². The number of hydrogen-bond donors (Lipinski definition) is 1. The first-order valence-electron chi connectivity index (χ1n) is 15.4. The molecule has 3 saturated heterocycles. The molecule has 0 aliphatic carbocycles. The van der Waals surface area contributed by atoms with Crippen molar-refractivity contribution in [3.8, 4) is 11.3 Å². The molecule has 4 aromatic rings. The van der Waals surface area contributed by atoms with Crippen molar-refractivity contribution in [1.29, 1.82) is 0 Å². The Kier molecular flexibility index (Phi) is 8.42. The number of amides is 1. The maximum absolute atomic E-state index is 15.4. The van der Waals surface area contributed by atoms with E-state index in [1.165, 1.54) is 11.3 Å². The summed E-state index contributed by atoms with van der Waals surface area (Å²) in [6, 6.07) is 10.9. The molecule has 0 spiro atoms. The Balaban J connectivity index is 0.987. The van der Waals surface area contributed by atoms with Gasteiger partial charge in [0.15, 0.2) is 4.96 Å². The fraction of sp³-hybridized carbons (Fsp3) is 0.500. The number of rotatable bonds is 8. The summed E-state index contributed by atoms with van der Waals surface area (Å²) in [5.41, 5.74) is 3.36. The number of alkyl halides is 1. The Morgan fingerprint density at radius 1 is 1.07 bits per heavy atom. The van der Waals surface area contributed by atoms with Gasteiger partial charge in [-0.1, -0.05) is 17.4 Å². The van der Waals surface area contributed by atoms with Crippen LogP contribution in [-0.2, 0) is 9.57 Å².